The Morgan fingerprint density at radius 1 is 0.559 bits per heavy atom. The van der Waals surface area contributed by atoms with Crippen LogP contribution in [0.3, 0.4) is 0 Å². The average Bonchev–Trinajstić information content (AvgIpc) is 3.18. The zero-order chi connectivity index (χ0) is 43.7. The number of ketones is 1. The van der Waals surface area contributed by atoms with Crippen LogP contribution in [0, 0.1) is 0 Å². The largest absolute Gasteiger partial charge is 0.472 e. The number of phosphoric acid groups is 1. The van der Waals surface area contributed by atoms with E-state index in [1.54, 1.807) is 6.08 Å². The lowest BCUT2D eigenvalue weighted by Gasteiger charge is -2.24. The van der Waals surface area contributed by atoms with Crippen molar-refractivity contribution in [3.05, 3.63) is 24.3 Å². The number of phosphoric ester groups is 1. The van der Waals surface area contributed by atoms with Gasteiger partial charge in [-0.15, -0.1) is 0 Å². The number of ether oxygens (including phenoxy) is 2. The van der Waals surface area contributed by atoms with Crippen LogP contribution in [0.4, 0.5) is 0 Å². The summed E-state index contributed by atoms with van der Waals surface area (Å²) in [6, 6.07) is 0. The highest BCUT2D eigenvalue weighted by atomic mass is 31.2. The molecule has 0 amide bonds. The fourth-order valence-electron chi connectivity index (χ4n) is 6.64. The van der Waals surface area contributed by atoms with Gasteiger partial charge in [0.25, 0.3) is 0 Å². The molecule has 0 aromatic carbocycles. The van der Waals surface area contributed by atoms with Crippen molar-refractivity contribution in [3.8, 4) is 0 Å². The summed E-state index contributed by atoms with van der Waals surface area (Å²) in [5.74, 6) is -0.759. The third-order valence-corrected chi connectivity index (χ3v) is 11.4. The summed E-state index contributed by atoms with van der Waals surface area (Å²) in [5.41, 5.74) is 0. The van der Waals surface area contributed by atoms with Crippen LogP contribution >= 0.6 is 7.82 Å². The molecule has 0 aromatic heterocycles. The Bertz CT molecular complexity index is 1120. The first-order chi connectivity index (χ1) is 28.4. The smallest absolute Gasteiger partial charge is 0.462 e. The van der Waals surface area contributed by atoms with Gasteiger partial charge in [-0.3, -0.25) is 23.4 Å². The molecule has 1 unspecified atom stereocenters. The predicted molar refractivity (Wildman–Crippen MR) is 243 cm³/mol. The van der Waals surface area contributed by atoms with Gasteiger partial charge in [0.1, 0.15) is 19.8 Å². The Morgan fingerprint density at radius 3 is 1.49 bits per heavy atom. The first-order valence-corrected chi connectivity index (χ1v) is 25.5. The van der Waals surface area contributed by atoms with Gasteiger partial charge < -0.3 is 18.9 Å². The molecule has 0 saturated carbocycles. The van der Waals surface area contributed by atoms with Gasteiger partial charge in [0.2, 0.25) is 0 Å². The number of esters is 2. The van der Waals surface area contributed by atoms with E-state index in [9.17, 15) is 23.8 Å². The van der Waals surface area contributed by atoms with Crippen molar-refractivity contribution in [2.24, 2.45) is 0 Å². The van der Waals surface area contributed by atoms with Crippen molar-refractivity contribution in [2.75, 3.05) is 47.5 Å². The van der Waals surface area contributed by atoms with Crippen molar-refractivity contribution in [1.82, 2.24) is 0 Å². The lowest BCUT2D eigenvalue weighted by atomic mass is 10.0. The van der Waals surface area contributed by atoms with Crippen LogP contribution in [0.15, 0.2) is 24.3 Å². The topological polar surface area (TPSA) is 125 Å². The van der Waals surface area contributed by atoms with Crippen molar-refractivity contribution in [1.29, 1.82) is 0 Å². The third kappa shape index (κ3) is 44.0. The van der Waals surface area contributed by atoms with Crippen LogP contribution in [-0.2, 0) is 37.5 Å². The maximum atomic E-state index is 12.7. The van der Waals surface area contributed by atoms with E-state index in [1.807, 2.05) is 33.3 Å². The Balaban J connectivity index is 4.33. The number of carbonyl (C=O) groups is 3. The number of nitrogens with zero attached hydrogens (tertiary/aromatic N) is 1. The quantitative estimate of drug-likeness (QED) is 0.0159. The van der Waals surface area contributed by atoms with Gasteiger partial charge in [0.05, 0.1) is 27.7 Å². The Morgan fingerprint density at radius 2 is 1.00 bits per heavy atom. The standard InChI is InChI=1S/C48H90NO9P/c1-6-8-10-12-14-15-16-17-18-19-20-21-22-23-24-25-27-31-35-39-47(51)55-43-46(44-57-59(53,54)56-42-41-49(3,4)5)58-48(52)40-36-32-28-30-34-38-45(50)37-33-29-26-13-11-9-7-2/h26,29,33,37,46H,6-25,27-28,30-32,34-36,38-44H2,1-5H3/p+1/b29-26-,37-33+/t46-/m1/s1. The Hall–Kier alpha value is -1.84. The van der Waals surface area contributed by atoms with E-state index in [-0.39, 0.29) is 31.8 Å². The van der Waals surface area contributed by atoms with E-state index in [0.717, 1.165) is 51.4 Å². The van der Waals surface area contributed by atoms with Crippen molar-refractivity contribution in [2.45, 2.75) is 219 Å². The zero-order valence-electron chi connectivity index (χ0n) is 38.7. The zero-order valence-corrected chi connectivity index (χ0v) is 39.6. The normalized spacial score (nSPS) is 13.6. The number of rotatable bonds is 44. The van der Waals surface area contributed by atoms with Crippen molar-refractivity contribution < 1.29 is 46.8 Å². The van der Waals surface area contributed by atoms with E-state index in [0.29, 0.717) is 23.9 Å². The molecular formula is C48H91NO9P+. The summed E-state index contributed by atoms with van der Waals surface area (Å²) >= 11 is 0. The molecule has 59 heavy (non-hydrogen) atoms. The number of carbonyl (C=O) groups excluding carboxylic acids is 3. The summed E-state index contributed by atoms with van der Waals surface area (Å²) in [6.45, 7) is 4.26. The molecule has 0 spiro atoms. The number of quaternary nitrogens is 1. The number of likely N-dealkylation sites (N-methyl/N-ethyl adjacent to an activating group) is 1. The molecule has 0 radical (unpaired) electrons. The number of hydrogen-bond acceptors (Lipinski definition) is 8. The summed E-state index contributed by atoms with van der Waals surface area (Å²) < 4.78 is 34.3. The monoisotopic (exact) mass is 857 g/mol. The van der Waals surface area contributed by atoms with Crippen LogP contribution in [0.25, 0.3) is 0 Å². The van der Waals surface area contributed by atoms with Crippen LogP contribution < -0.4 is 0 Å². The van der Waals surface area contributed by atoms with Gasteiger partial charge in [0, 0.05) is 19.3 Å². The molecule has 0 aliphatic rings. The van der Waals surface area contributed by atoms with E-state index in [1.165, 1.54) is 122 Å². The Kier molecular flexibility index (Phi) is 39.0. The number of allylic oxidation sites excluding steroid dienone is 4. The summed E-state index contributed by atoms with van der Waals surface area (Å²) in [4.78, 5) is 47.5. The second kappa shape index (κ2) is 40.2. The molecule has 0 saturated heterocycles. The molecule has 11 heteroatoms. The molecule has 1 N–H and O–H groups in total. The first kappa shape index (κ1) is 57.2. The van der Waals surface area contributed by atoms with E-state index >= 15 is 0 Å². The van der Waals surface area contributed by atoms with Gasteiger partial charge in [0.15, 0.2) is 11.9 Å². The maximum Gasteiger partial charge on any atom is 0.472 e. The first-order valence-electron chi connectivity index (χ1n) is 24.0. The minimum absolute atomic E-state index is 0.0115. The summed E-state index contributed by atoms with van der Waals surface area (Å²) in [5, 5.41) is 0. The molecule has 0 bridgehead atoms. The van der Waals surface area contributed by atoms with Crippen LogP contribution in [-0.4, -0.2) is 80.7 Å². The lowest BCUT2D eigenvalue weighted by molar-refractivity contribution is -0.870. The van der Waals surface area contributed by atoms with Gasteiger partial charge in [-0.2, -0.15) is 0 Å². The predicted octanol–water partition coefficient (Wildman–Crippen LogP) is 13.1. The molecule has 0 aromatic rings. The highest BCUT2D eigenvalue weighted by molar-refractivity contribution is 7.47. The molecule has 0 heterocycles. The average molecular weight is 857 g/mol. The fourth-order valence-corrected chi connectivity index (χ4v) is 7.39. The minimum Gasteiger partial charge on any atom is -0.462 e. The van der Waals surface area contributed by atoms with E-state index < -0.39 is 32.5 Å². The number of unbranched alkanes of at least 4 members (excludes halogenated alkanes) is 25. The fraction of sp³-hybridized carbons (Fsp3) is 0.854. The van der Waals surface area contributed by atoms with Crippen LogP contribution in [0.1, 0.15) is 213 Å². The second-order valence-electron chi connectivity index (χ2n) is 17.5. The molecule has 0 fully saturated rings. The molecule has 346 valence electrons. The summed E-state index contributed by atoms with van der Waals surface area (Å²) in [7, 11) is 1.41. The highest BCUT2D eigenvalue weighted by Gasteiger charge is 2.27. The third-order valence-electron chi connectivity index (χ3n) is 10.5. The van der Waals surface area contributed by atoms with Gasteiger partial charge in [-0.25, -0.2) is 4.57 Å². The lowest BCUT2D eigenvalue weighted by Crippen LogP contribution is -2.37. The van der Waals surface area contributed by atoms with Gasteiger partial charge >= 0.3 is 19.8 Å². The number of hydrogen-bond donors (Lipinski definition) is 1. The molecule has 0 aliphatic carbocycles. The van der Waals surface area contributed by atoms with Crippen LogP contribution in [0.2, 0.25) is 0 Å². The van der Waals surface area contributed by atoms with Gasteiger partial charge in [-0.1, -0.05) is 180 Å². The maximum absolute atomic E-state index is 12.7. The van der Waals surface area contributed by atoms with Crippen LogP contribution in [0.5, 0.6) is 0 Å². The highest BCUT2D eigenvalue weighted by Crippen LogP contribution is 2.43. The van der Waals surface area contributed by atoms with Crippen molar-refractivity contribution in [3.63, 3.8) is 0 Å². The van der Waals surface area contributed by atoms with E-state index in [2.05, 4.69) is 19.9 Å². The van der Waals surface area contributed by atoms with Gasteiger partial charge in [-0.05, 0) is 38.2 Å². The molecular weight excluding hydrogens is 766 g/mol. The molecule has 2 atom stereocenters. The van der Waals surface area contributed by atoms with E-state index in [4.69, 9.17) is 18.5 Å². The minimum atomic E-state index is -4.40. The van der Waals surface area contributed by atoms with Crippen molar-refractivity contribution >= 4 is 25.5 Å². The molecule has 0 rings (SSSR count). The Labute approximate surface area is 362 Å². The SMILES string of the molecule is CCCCC/C=C\C=C\C(=O)CCCCCCCC(=O)O[C@H](COC(=O)CCCCCCCCCCCCCCCCCCCCC)COP(=O)(O)OCC[N+](C)(C)C. The molecule has 0 aliphatic heterocycles. The molecule has 10 nitrogen and oxygen atoms in total. The summed E-state index contributed by atoms with van der Waals surface area (Å²) in [6.07, 6.45) is 40.4. The second-order valence-corrected chi connectivity index (χ2v) is 19.0.